The molecule has 0 aromatic heterocycles. The van der Waals surface area contributed by atoms with Gasteiger partial charge in [-0.1, -0.05) is 6.92 Å². The van der Waals surface area contributed by atoms with Crippen LogP contribution >= 0.6 is 0 Å². The molecule has 0 amide bonds. The van der Waals surface area contributed by atoms with E-state index in [0.29, 0.717) is 5.69 Å². The van der Waals surface area contributed by atoms with Crippen LogP contribution in [-0.4, -0.2) is 18.4 Å². The molecule has 1 aromatic rings. The molecule has 110 valence electrons. The van der Waals surface area contributed by atoms with Crippen LogP contribution in [0.3, 0.4) is 0 Å². The van der Waals surface area contributed by atoms with Crippen molar-refractivity contribution in [3.05, 3.63) is 29.3 Å². The van der Waals surface area contributed by atoms with Crippen molar-refractivity contribution in [2.75, 3.05) is 4.90 Å². The zero-order valence-electron chi connectivity index (χ0n) is 11.6. The fourth-order valence-electron chi connectivity index (χ4n) is 2.99. The Kier molecular flexibility index (Phi) is 4.06. The molecule has 1 heterocycles. The van der Waals surface area contributed by atoms with E-state index in [1.165, 1.54) is 6.07 Å². The summed E-state index contributed by atoms with van der Waals surface area (Å²) < 4.78 is 39.0. The van der Waals surface area contributed by atoms with Crippen molar-refractivity contribution in [3.8, 4) is 0 Å². The van der Waals surface area contributed by atoms with Crippen molar-refractivity contribution in [2.45, 2.75) is 51.4 Å². The summed E-state index contributed by atoms with van der Waals surface area (Å²) in [6.45, 7) is 4.07. The van der Waals surface area contributed by atoms with Crippen LogP contribution in [0.1, 0.15) is 49.0 Å². The highest BCUT2D eigenvalue weighted by Crippen LogP contribution is 2.37. The maximum atomic E-state index is 13.0. The van der Waals surface area contributed by atoms with Gasteiger partial charge in [-0.3, -0.25) is 4.79 Å². The Morgan fingerprint density at radius 1 is 1.35 bits per heavy atom. The average molecular weight is 285 g/mol. The van der Waals surface area contributed by atoms with Gasteiger partial charge in [-0.2, -0.15) is 13.2 Å². The SMILES string of the molecule is CCC1CCC(C)N1c1ccc(C=O)c(C(F)(F)F)c1. The highest BCUT2D eigenvalue weighted by Gasteiger charge is 2.36. The summed E-state index contributed by atoms with van der Waals surface area (Å²) >= 11 is 0. The fraction of sp³-hybridized carbons (Fsp3) is 0.533. The molecule has 0 saturated carbocycles. The quantitative estimate of drug-likeness (QED) is 0.772. The van der Waals surface area contributed by atoms with Gasteiger partial charge in [-0.15, -0.1) is 0 Å². The Balaban J connectivity index is 2.45. The van der Waals surface area contributed by atoms with E-state index in [-0.39, 0.29) is 23.9 Å². The third-order valence-electron chi connectivity index (χ3n) is 4.02. The smallest absolute Gasteiger partial charge is 0.366 e. The van der Waals surface area contributed by atoms with Crippen molar-refractivity contribution >= 4 is 12.0 Å². The standard InChI is InChI=1S/C15H18F3NO/c1-3-12-6-4-10(2)19(12)13-7-5-11(9-20)14(8-13)15(16,17)18/h5,7-10,12H,3-4,6H2,1-2H3. The molecule has 0 spiro atoms. The zero-order chi connectivity index (χ0) is 14.9. The third kappa shape index (κ3) is 2.67. The van der Waals surface area contributed by atoms with Crippen LogP contribution in [0.4, 0.5) is 18.9 Å². The van der Waals surface area contributed by atoms with Gasteiger partial charge in [0.1, 0.15) is 0 Å². The molecule has 0 N–H and O–H groups in total. The van der Waals surface area contributed by atoms with E-state index in [1.54, 1.807) is 6.07 Å². The van der Waals surface area contributed by atoms with Crippen molar-refractivity contribution < 1.29 is 18.0 Å². The molecule has 2 rings (SSSR count). The average Bonchev–Trinajstić information content (AvgIpc) is 2.78. The number of carbonyl (C=O) groups excluding carboxylic acids is 1. The Hall–Kier alpha value is -1.52. The monoisotopic (exact) mass is 285 g/mol. The summed E-state index contributed by atoms with van der Waals surface area (Å²) in [4.78, 5) is 12.8. The number of nitrogens with zero attached hydrogens (tertiary/aromatic N) is 1. The van der Waals surface area contributed by atoms with Crippen LogP contribution in [-0.2, 0) is 6.18 Å². The van der Waals surface area contributed by atoms with E-state index >= 15 is 0 Å². The molecular weight excluding hydrogens is 267 g/mol. The number of rotatable bonds is 3. The second-order valence-corrected chi connectivity index (χ2v) is 5.28. The van der Waals surface area contributed by atoms with Gasteiger partial charge in [-0.05, 0) is 44.4 Å². The normalized spacial score (nSPS) is 23.1. The van der Waals surface area contributed by atoms with Crippen LogP contribution < -0.4 is 4.90 Å². The van der Waals surface area contributed by atoms with Crippen molar-refractivity contribution in [1.82, 2.24) is 0 Å². The van der Waals surface area contributed by atoms with Crippen LogP contribution in [0.5, 0.6) is 0 Å². The van der Waals surface area contributed by atoms with Gasteiger partial charge in [0, 0.05) is 23.3 Å². The fourth-order valence-corrected chi connectivity index (χ4v) is 2.99. The lowest BCUT2D eigenvalue weighted by Gasteiger charge is -2.31. The van der Waals surface area contributed by atoms with Gasteiger partial charge in [0.05, 0.1) is 5.56 Å². The molecule has 1 saturated heterocycles. The minimum atomic E-state index is -4.50. The van der Waals surface area contributed by atoms with Crippen molar-refractivity contribution in [1.29, 1.82) is 0 Å². The second-order valence-electron chi connectivity index (χ2n) is 5.28. The molecule has 0 aliphatic carbocycles. The Morgan fingerprint density at radius 3 is 2.60 bits per heavy atom. The second kappa shape index (κ2) is 5.46. The van der Waals surface area contributed by atoms with E-state index in [2.05, 4.69) is 0 Å². The van der Waals surface area contributed by atoms with Crippen LogP contribution in [0, 0.1) is 0 Å². The summed E-state index contributed by atoms with van der Waals surface area (Å²) in [5.41, 5.74) is -0.597. The highest BCUT2D eigenvalue weighted by molar-refractivity contribution is 5.79. The largest absolute Gasteiger partial charge is 0.417 e. The van der Waals surface area contributed by atoms with Crippen LogP contribution in [0.15, 0.2) is 18.2 Å². The first-order chi connectivity index (χ1) is 9.38. The van der Waals surface area contributed by atoms with E-state index in [9.17, 15) is 18.0 Å². The summed E-state index contributed by atoms with van der Waals surface area (Å²) in [6.07, 6.45) is -1.36. The summed E-state index contributed by atoms with van der Waals surface area (Å²) in [5.74, 6) is 0. The maximum Gasteiger partial charge on any atom is 0.417 e. The van der Waals surface area contributed by atoms with Gasteiger partial charge >= 0.3 is 6.18 Å². The predicted octanol–water partition coefficient (Wildman–Crippen LogP) is 4.29. The molecule has 0 bridgehead atoms. The lowest BCUT2D eigenvalue weighted by Crippen LogP contribution is -2.34. The number of aldehydes is 1. The van der Waals surface area contributed by atoms with E-state index < -0.39 is 11.7 Å². The number of anilines is 1. The number of benzene rings is 1. The molecule has 1 aromatic carbocycles. The number of hydrogen-bond donors (Lipinski definition) is 0. The first-order valence-electron chi connectivity index (χ1n) is 6.83. The summed E-state index contributed by atoms with van der Waals surface area (Å²) in [6, 6.07) is 4.48. The number of halogens is 3. The molecular formula is C15H18F3NO. The Labute approximate surface area is 116 Å². The molecule has 1 aliphatic heterocycles. The number of carbonyl (C=O) groups is 1. The van der Waals surface area contributed by atoms with Crippen molar-refractivity contribution in [3.63, 3.8) is 0 Å². The van der Waals surface area contributed by atoms with Gasteiger partial charge in [0.25, 0.3) is 0 Å². The molecule has 1 aliphatic rings. The molecule has 5 heteroatoms. The molecule has 20 heavy (non-hydrogen) atoms. The van der Waals surface area contributed by atoms with Gasteiger partial charge in [-0.25, -0.2) is 0 Å². The zero-order valence-corrected chi connectivity index (χ0v) is 11.6. The summed E-state index contributed by atoms with van der Waals surface area (Å²) in [7, 11) is 0. The van der Waals surface area contributed by atoms with E-state index in [0.717, 1.165) is 25.3 Å². The van der Waals surface area contributed by atoms with E-state index in [1.807, 2.05) is 18.7 Å². The highest BCUT2D eigenvalue weighted by atomic mass is 19.4. The number of alkyl halides is 3. The van der Waals surface area contributed by atoms with Crippen molar-refractivity contribution in [2.24, 2.45) is 0 Å². The molecule has 2 nitrogen and oxygen atoms in total. The minimum Gasteiger partial charge on any atom is -0.366 e. The molecule has 2 unspecified atom stereocenters. The lowest BCUT2D eigenvalue weighted by atomic mass is 10.1. The Morgan fingerprint density at radius 2 is 2.05 bits per heavy atom. The minimum absolute atomic E-state index is 0.225. The molecule has 1 fully saturated rings. The van der Waals surface area contributed by atoms with E-state index in [4.69, 9.17) is 0 Å². The summed E-state index contributed by atoms with van der Waals surface area (Å²) in [5, 5.41) is 0. The lowest BCUT2D eigenvalue weighted by molar-refractivity contribution is -0.137. The topological polar surface area (TPSA) is 20.3 Å². The Bertz CT molecular complexity index is 498. The van der Waals surface area contributed by atoms with Gasteiger partial charge < -0.3 is 4.90 Å². The third-order valence-corrected chi connectivity index (χ3v) is 4.02. The molecule has 2 atom stereocenters. The number of hydrogen-bond acceptors (Lipinski definition) is 2. The van der Waals surface area contributed by atoms with Crippen LogP contribution in [0.2, 0.25) is 0 Å². The first kappa shape index (κ1) is 14.9. The van der Waals surface area contributed by atoms with Gasteiger partial charge in [0.15, 0.2) is 6.29 Å². The van der Waals surface area contributed by atoms with Crippen LogP contribution in [0.25, 0.3) is 0 Å². The van der Waals surface area contributed by atoms with Gasteiger partial charge in [0.2, 0.25) is 0 Å². The maximum absolute atomic E-state index is 13.0. The first-order valence-corrected chi connectivity index (χ1v) is 6.83. The predicted molar refractivity (Wildman–Crippen MR) is 72.1 cm³/mol. The molecule has 0 radical (unpaired) electrons.